The molecule has 108 valence electrons. The number of aromatic nitrogens is 2. The van der Waals surface area contributed by atoms with E-state index in [1.54, 1.807) is 0 Å². The van der Waals surface area contributed by atoms with Crippen molar-refractivity contribution in [1.29, 1.82) is 0 Å². The first-order valence-corrected chi connectivity index (χ1v) is 6.93. The van der Waals surface area contributed by atoms with Crippen molar-refractivity contribution in [3.05, 3.63) is 11.4 Å². The van der Waals surface area contributed by atoms with Gasteiger partial charge in [-0.05, 0) is 40.5 Å². The van der Waals surface area contributed by atoms with Crippen molar-refractivity contribution >= 4 is 11.6 Å². The Morgan fingerprint density at radius 3 is 2.42 bits per heavy atom. The maximum atomic E-state index is 5.51. The van der Waals surface area contributed by atoms with Gasteiger partial charge in [0.15, 0.2) is 0 Å². The number of unbranched alkanes of at least 4 members (excludes halogenated alkanes) is 1. The summed E-state index contributed by atoms with van der Waals surface area (Å²) < 4.78 is 5.51. The maximum Gasteiger partial charge on any atom is 0.134 e. The summed E-state index contributed by atoms with van der Waals surface area (Å²) in [7, 11) is 1.88. The molecule has 1 heterocycles. The fourth-order valence-electron chi connectivity index (χ4n) is 1.80. The third kappa shape index (κ3) is 5.42. The number of nitrogens with one attached hydrogen (secondary N) is 2. The number of aryl methyl sites for hydroxylation is 1. The first kappa shape index (κ1) is 15.7. The minimum Gasteiger partial charge on any atom is -0.379 e. The molecule has 1 aromatic heterocycles. The fourth-order valence-corrected chi connectivity index (χ4v) is 1.80. The van der Waals surface area contributed by atoms with Gasteiger partial charge in [-0.15, -0.1) is 0 Å². The molecule has 0 amide bonds. The monoisotopic (exact) mass is 266 g/mol. The van der Waals surface area contributed by atoms with E-state index >= 15 is 0 Å². The van der Waals surface area contributed by atoms with Crippen LogP contribution in [-0.2, 0) is 4.74 Å². The molecule has 19 heavy (non-hydrogen) atoms. The number of ether oxygens (including phenoxy) is 1. The van der Waals surface area contributed by atoms with E-state index in [0.717, 1.165) is 49.0 Å². The summed E-state index contributed by atoms with van der Waals surface area (Å²) in [6.07, 6.45) is 2.45. The van der Waals surface area contributed by atoms with Crippen molar-refractivity contribution in [2.24, 2.45) is 0 Å². The fraction of sp³-hybridized carbons (Fsp3) is 0.714. The van der Waals surface area contributed by atoms with Gasteiger partial charge in [-0.25, -0.2) is 9.97 Å². The van der Waals surface area contributed by atoms with Crippen LogP contribution in [0.2, 0.25) is 0 Å². The van der Waals surface area contributed by atoms with Crippen molar-refractivity contribution in [1.82, 2.24) is 9.97 Å². The molecule has 0 aromatic carbocycles. The molecule has 0 bridgehead atoms. The third-order valence-corrected chi connectivity index (χ3v) is 2.81. The first-order valence-electron chi connectivity index (χ1n) is 6.93. The van der Waals surface area contributed by atoms with Crippen LogP contribution < -0.4 is 10.6 Å². The van der Waals surface area contributed by atoms with E-state index in [2.05, 4.69) is 34.4 Å². The quantitative estimate of drug-likeness (QED) is 0.709. The van der Waals surface area contributed by atoms with Gasteiger partial charge in [0.1, 0.15) is 17.5 Å². The molecule has 1 rings (SSSR count). The van der Waals surface area contributed by atoms with Crippen LogP contribution in [0.15, 0.2) is 0 Å². The molecule has 0 atom stereocenters. The Bertz CT molecular complexity index is 393. The van der Waals surface area contributed by atoms with Crippen LogP contribution in [-0.4, -0.2) is 36.3 Å². The number of hydrogen-bond donors (Lipinski definition) is 2. The van der Waals surface area contributed by atoms with Crippen LogP contribution in [0, 0.1) is 13.8 Å². The van der Waals surface area contributed by atoms with E-state index < -0.39 is 0 Å². The van der Waals surface area contributed by atoms with Crippen LogP contribution in [0.5, 0.6) is 0 Å². The lowest BCUT2D eigenvalue weighted by Crippen LogP contribution is -2.10. The van der Waals surface area contributed by atoms with Gasteiger partial charge >= 0.3 is 0 Å². The number of anilines is 2. The molecule has 0 fully saturated rings. The summed E-state index contributed by atoms with van der Waals surface area (Å²) in [5.41, 5.74) is 1.06. The number of nitrogens with zero attached hydrogens (tertiary/aromatic N) is 2. The average Bonchev–Trinajstić information content (AvgIpc) is 2.36. The lowest BCUT2D eigenvalue weighted by Gasteiger charge is -2.12. The summed E-state index contributed by atoms with van der Waals surface area (Å²) in [6.45, 7) is 9.78. The SMILES string of the molecule is CNc1nc(C)nc(NCCCCOC(C)C)c1C. The summed E-state index contributed by atoms with van der Waals surface area (Å²) in [5, 5.41) is 6.46. The zero-order valence-electron chi connectivity index (χ0n) is 12.7. The van der Waals surface area contributed by atoms with Crippen LogP contribution in [0.3, 0.4) is 0 Å². The van der Waals surface area contributed by atoms with Gasteiger partial charge in [0.2, 0.25) is 0 Å². The highest BCUT2D eigenvalue weighted by Gasteiger charge is 2.07. The minimum absolute atomic E-state index is 0.318. The Kier molecular flexibility index (Phi) is 6.56. The summed E-state index contributed by atoms with van der Waals surface area (Å²) >= 11 is 0. The second kappa shape index (κ2) is 7.94. The van der Waals surface area contributed by atoms with Gasteiger partial charge in [-0.3, -0.25) is 0 Å². The molecule has 1 aromatic rings. The van der Waals surface area contributed by atoms with E-state index in [1.807, 2.05) is 20.9 Å². The van der Waals surface area contributed by atoms with E-state index in [4.69, 9.17) is 4.74 Å². The zero-order chi connectivity index (χ0) is 14.3. The lowest BCUT2D eigenvalue weighted by molar-refractivity contribution is 0.0765. The largest absolute Gasteiger partial charge is 0.379 e. The average molecular weight is 266 g/mol. The normalized spacial score (nSPS) is 10.8. The third-order valence-electron chi connectivity index (χ3n) is 2.81. The predicted octanol–water partition coefficient (Wildman–Crippen LogP) is 2.75. The number of rotatable bonds is 8. The molecule has 0 spiro atoms. The van der Waals surface area contributed by atoms with E-state index in [0.29, 0.717) is 6.10 Å². The Morgan fingerprint density at radius 1 is 1.11 bits per heavy atom. The van der Waals surface area contributed by atoms with E-state index in [1.165, 1.54) is 0 Å². The predicted molar refractivity (Wildman–Crippen MR) is 79.9 cm³/mol. The van der Waals surface area contributed by atoms with E-state index in [9.17, 15) is 0 Å². The van der Waals surface area contributed by atoms with Crippen molar-refractivity contribution in [3.8, 4) is 0 Å². The zero-order valence-corrected chi connectivity index (χ0v) is 12.7. The van der Waals surface area contributed by atoms with Gasteiger partial charge < -0.3 is 15.4 Å². The van der Waals surface area contributed by atoms with E-state index in [-0.39, 0.29) is 0 Å². The molecule has 0 aliphatic rings. The molecule has 0 radical (unpaired) electrons. The molecule has 0 unspecified atom stereocenters. The first-order chi connectivity index (χ1) is 9.04. The molecular formula is C14H26N4O. The highest BCUT2D eigenvalue weighted by atomic mass is 16.5. The smallest absolute Gasteiger partial charge is 0.134 e. The minimum atomic E-state index is 0.318. The molecule has 0 saturated carbocycles. The Labute approximate surface area is 116 Å². The summed E-state index contributed by atoms with van der Waals surface area (Å²) in [4.78, 5) is 8.78. The van der Waals surface area contributed by atoms with Crippen molar-refractivity contribution in [2.45, 2.75) is 46.6 Å². The second-order valence-corrected chi connectivity index (χ2v) is 4.90. The molecule has 0 aliphatic carbocycles. The van der Waals surface area contributed by atoms with Crippen molar-refractivity contribution < 1.29 is 4.74 Å². The van der Waals surface area contributed by atoms with Gasteiger partial charge in [0, 0.05) is 25.8 Å². The summed E-state index contributed by atoms with van der Waals surface area (Å²) in [5.74, 6) is 2.58. The van der Waals surface area contributed by atoms with Crippen molar-refractivity contribution in [3.63, 3.8) is 0 Å². The molecule has 5 heteroatoms. The number of hydrogen-bond acceptors (Lipinski definition) is 5. The van der Waals surface area contributed by atoms with Crippen LogP contribution in [0.4, 0.5) is 11.6 Å². The van der Waals surface area contributed by atoms with Gasteiger partial charge in [0.25, 0.3) is 0 Å². The standard InChI is InChI=1S/C14H26N4O/c1-10(2)19-9-7-6-8-16-14-11(3)13(15-5)17-12(4)18-14/h10H,6-9H2,1-5H3,(H2,15,16,17,18). The Hall–Kier alpha value is -1.36. The van der Waals surface area contributed by atoms with Crippen LogP contribution >= 0.6 is 0 Å². The molecular weight excluding hydrogens is 240 g/mol. The summed E-state index contributed by atoms with van der Waals surface area (Å²) in [6, 6.07) is 0. The molecule has 0 aliphatic heterocycles. The Morgan fingerprint density at radius 2 is 1.79 bits per heavy atom. The second-order valence-electron chi connectivity index (χ2n) is 4.90. The van der Waals surface area contributed by atoms with Gasteiger partial charge in [-0.1, -0.05) is 0 Å². The highest BCUT2D eigenvalue weighted by molar-refractivity contribution is 5.56. The van der Waals surface area contributed by atoms with Crippen LogP contribution in [0.25, 0.3) is 0 Å². The molecule has 0 saturated heterocycles. The maximum absolute atomic E-state index is 5.51. The van der Waals surface area contributed by atoms with Gasteiger partial charge in [-0.2, -0.15) is 0 Å². The highest BCUT2D eigenvalue weighted by Crippen LogP contribution is 2.19. The molecule has 5 nitrogen and oxygen atoms in total. The lowest BCUT2D eigenvalue weighted by atomic mass is 10.2. The molecule has 2 N–H and O–H groups in total. The van der Waals surface area contributed by atoms with Crippen molar-refractivity contribution in [2.75, 3.05) is 30.8 Å². The van der Waals surface area contributed by atoms with Crippen LogP contribution in [0.1, 0.15) is 38.1 Å². The Balaban J connectivity index is 2.39. The topological polar surface area (TPSA) is 59.1 Å². The van der Waals surface area contributed by atoms with Gasteiger partial charge in [0.05, 0.1) is 6.10 Å².